The molecule has 6 nitrogen and oxygen atoms in total. The number of carbonyl (C=O) groups excluding carboxylic acids is 1. The number of carbonyl (C=O) groups is 1. The van der Waals surface area contributed by atoms with Gasteiger partial charge in [-0.15, -0.1) is 12.4 Å². The molecule has 1 aliphatic rings. The summed E-state index contributed by atoms with van der Waals surface area (Å²) in [5, 5.41) is 2.29. The third-order valence-corrected chi connectivity index (χ3v) is 8.75. The van der Waals surface area contributed by atoms with Gasteiger partial charge in [-0.1, -0.05) is 35.9 Å². The maximum Gasteiger partial charge on any atom is 0.254 e. The summed E-state index contributed by atoms with van der Waals surface area (Å²) in [6.07, 6.45) is 3.47. The molecule has 1 saturated heterocycles. The molecule has 3 aromatic carbocycles. The second kappa shape index (κ2) is 10.4. The Morgan fingerprint density at radius 3 is 2.16 bits per heavy atom. The number of nitrogens with zero attached hydrogens (tertiary/aromatic N) is 3. The number of rotatable bonds is 4. The van der Waals surface area contributed by atoms with Crippen molar-refractivity contribution >= 4 is 50.7 Å². The lowest BCUT2D eigenvalue weighted by Crippen LogP contribution is -2.61. The number of halogens is 2. The lowest BCUT2D eigenvalue weighted by atomic mass is 9.98. The molecule has 0 radical (unpaired) electrons. The van der Waals surface area contributed by atoms with Crippen molar-refractivity contribution in [3.8, 4) is 11.1 Å². The molecule has 2 heterocycles. The van der Waals surface area contributed by atoms with Crippen LogP contribution in [0.15, 0.2) is 90.1 Å². The van der Waals surface area contributed by atoms with E-state index in [9.17, 15) is 13.2 Å². The van der Waals surface area contributed by atoms with Crippen LogP contribution in [0, 0.1) is 0 Å². The average Bonchev–Trinajstić information content (AvgIpc) is 2.88. The summed E-state index contributed by atoms with van der Waals surface area (Å²) >= 11 is 6.06. The van der Waals surface area contributed by atoms with Gasteiger partial charge in [-0.3, -0.25) is 9.78 Å². The van der Waals surface area contributed by atoms with Crippen LogP contribution in [0.4, 0.5) is 0 Å². The third kappa shape index (κ3) is 5.36. The van der Waals surface area contributed by atoms with Crippen molar-refractivity contribution in [3.05, 3.63) is 95.8 Å². The maximum absolute atomic E-state index is 13.5. The highest BCUT2D eigenvalue weighted by Crippen LogP contribution is 2.30. The van der Waals surface area contributed by atoms with E-state index in [-0.39, 0.29) is 36.3 Å². The molecular weight excluding hydrogens is 529 g/mol. The van der Waals surface area contributed by atoms with E-state index in [4.69, 9.17) is 11.6 Å². The first-order valence-corrected chi connectivity index (χ1v) is 13.5. The van der Waals surface area contributed by atoms with Crippen LogP contribution in [-0.4, -0.2) is 53.7 Å². The van der Waals surface area contributed by atoms with E-state index in [0.29, 0.717) is 17.1 Å². The Labute approximate surface area is 228 Å². The Morgan fingerprint density at radius 1 is 0.865 bits per heavy atom. The van der Waals surface area contributed by atoms with E-state index in [1.54, 1.807) is 41.6 Å². The van der Waals surface area contributed by atoms with Gasteiger partial charge in [-0.25, -0.2) is 8.42 Å². The third-order valence-electron chi connectivity index (χ3n) is 6.67. The van der Waals surface area contributed by atoms with Crippen molar-refractivity contribution in [2.75, 3.05) is 19.6 Å². The predicted octanol–water partition coefficient (Wildman–Crippen LogP) is 5.90. The van der Waals surface area contributed by atoms with E-state index in [1.807, 2.05) is 62.4 Å². The average molecular weight is 557 g/mol. The van der Waals surface area contributed by atoms with Gasteiger partial charge < -0.3 is 4.90 Å². The zero-order valence-corrected chi connectivity index (χ0v) is 22.9. The van der Waals surface area contributed by atoms with E-state index in [2.05, 4.69) is 4.98 Å². The summed E-state index contributed by atoms with van der Waals surface area (Å²) in [6.45, 7) is 4.54. The number of hydrogen-bond donors (Lipinski definition) is 0. The molecular formula is C28H27Cl2N3O3S. The van der Waals surface area contributed by atoms with Gasteiger partial charge in [-0.05, 0) is 84.3 Å². The lowest BCUT2D eigenvalue weighted by Gasteiger charge is -2.46. The molecule has 0 atom stereocenters. The van der Waals surface area contributed by atoms with Crippen LogP contribution in [-0.2, 0) is 10.0 Å². The Bertz CT molecular complexity index is 1540. The lowest BCUT2D eigenvalue weighted by molar-refractivity contribution is 0.0352. The molecule has 0 spiro atoms. The van der Waals surface area contributed by atoms with Crippen LogP contribution < -0.4 is 0 Å². The normalized spacial score (nSPS) is 15.8. The summed E-state index contributed by atoms with van der Waals surface area (Å²) < 4.78 is 28.5. The molecule has 9 heteroatoms. The fourth-order valence-electron chi connectivity index (χ4n) is 4.70. The molecule has 37 heavy (non-hydrogen) atoms. The number of benzene rings is 3. The number of sulfonamides is 1. The van der Waals surface area contributed by atoms with Crippen molar-refractivity contribution in [2.24, 2.45) is 0 Å². The zero-order chi connectivity index (χ0) is 25.5. The van der Waals surface area contributed by atoms with E-state index in [1.165, 1.54) is 4.31 Å². The summed E-state index contributed by atoms with van der Waals surface area (Å²) in [4.78, 5) is 19.4. The Morgan fingerprint density at radius 2 is 1.49 bits per heavy atom. The number of pyridine rings is 1. The van der Waals surface area contributed by atoms with Crippen molar-refractivity contribution in [2.45, 2.75) is 24.3 Å². The highest BCUT2D eigenvalue weighted by molar-refractivity contribution is 7.89. The van der Waals surface area contributed by atoms with Crippen molar-refractivity contribution in [1.82, 2.24) is 14.2 Å². The molecule has 1 amide bonds. The summed E-state index contributed by atoms with van der Waals surface area (Å²) in [7, 11) is -3.73. The Kier molecular flexibility index (Phi) is 7.62. The Balaban J connectivity index is 0.00000320. The molecule has 1 fully saturated rings. The first-order chi connectivity index (χ1) is 17.1. The van der Waals surface area contributed by atoms with Gasteiger partial charge in [0.25, 0.3) is 5.91 Å². The van der Waals surface area contributed by atoms with Gasteiger partial charge >= 0.3 is 0 Å². The standard InChI is InChI=1S/C28H26ClN3O3S.ClH/c1-28(2)19-31(36(34,35)26-10-8-23-17-25(29)9-7-24(23)18-26)15-16-32(28)27(33)22-5-3-20(4-6-22)21-11-13-30-14-12-21;/h3-14,17-18H,15-16,19H2,1-2H3;1H. The molecule has 4 aromatic rings. The molecule has 0 aliphatic carbocycles. The number of amides is 1. The smallest absolute Gasteiger partial charge is 0.254 e. The number of hydrogen-bond acceptors (Lipinski definition) is 4. The molecule has 1 aromatic heterocycles. The largest absolute Gasteiger partial charge is 0.331 e. The quantitative estimate of drug-likeness (QED) is 0.314. The SMILES string of the molecule is CC1(C)CN(S(=O)(=O)c2ccc3cc(Cl)ccc3c2)CCN1C(=O)c1ccc(-c2ccncc2)cc1.Cl. The minimum Gasteiger partial charge on any atom is -0.331 e. The van der Waals surface area contributed by atoms with Crippen molar-refractivity contribution in [3.63, 3.8) is 0 Å². The molecule has 1 aliphatic heterocycles. The zero-order valence-electron chi connectivity index (χ0n) is 20.5. The molecule has 0 bridgehead atoms. The number of fused-ring (bicyclic) bond motifs is 1. The second-order valence-electron chi connectivity index (χ2n) is 9.57. The van der Waals surface area contributed by atoms with Gasteiger partial charge in [0, 0.05) is 42.6 Å². The Hall–Kier alpha value is -2.97. The van der Waals surface area contributed by atoms with Crippen LogP contribution in [0.1, 0.15) is 24.2 Å². The minimum absolute atomic E-state index is 0. The summed E-state index contributed by atoms with van der Waals surface area (Å²) in [6, 6.07) is 21.8. The number of aromatic nitrogens is 1. The van der Waals surface area contributed by atoms with Crippen LogP contribution >= 0.6 is 24.0 Å². The van der Waals surface area contributed by atoms with Gasteiger partial charge in [0.05, 0.1) is 10.4 Å². The maximum atomic E-state index is 13.5. The fraction of sp³-hybridized carbons (Fsp3) is 0.214. The molecule has 0 N–H and O–H groups in total. The second-order valence-corrected chi connectivity index (χ2v) is 11.9. The first kappa shape index (κ1) is 27.1. The van der Waals surface area contributed by atoms with Crippen LogP contribution in [0.3, 0.4) is 0 Å². The molecule has 0 unspecified atom stereocenters. The van der Waals surface area contributed by atoms with Crippen molar-refractivity contribution in [1.29, 1.82) is 0 Å². The minimum atomic E-state index is -3.73. The summed E-state index contributed by atoms with van der Waals surface area (Å²) in [5.41, 5.74) is 1.92. The fourth-order valence-corrected chi connectivity index (χ4v) is 6.50. The molecule has 5 rings (SSSR count). The van der Waals surface area contributed by atoms with E-state index >= 15 is 0 Å². The molecule has 192 valence electrons. The van der Waals surface area contributed by atoms with Crippen LogP contribution in [0.25, 0.3) is 21.9 Å². The monoisotopic (exact) mass is 555 g/mol. The van der Waals surface area contributed by atoms with Gasteiger partial charge in [0.15, 0.2) is 0 Å². The molecule has 0 saturated carbocycles. The van der Waals surface area contributed by atoms with Gasteiger partial charge in [-0.2, -0.15) is 4.31 Å². The van der Waals surface area contributed by atoms with Crippen molar-refractivity contribution < 1.29 is 13.2 Å². The van der Waals surface area contributed by atoms with E-state index in [0.717, 1.165) is 21.9 Å². The van der Waals surface area contributed by atoms with Gasteiger partial charge in [0.2, 0.25) is 10.0 Å². The highest BCUT2D eigenvalue weighted by atomic mass is 35.5. The van der Waals surface area contributed by atoms with Crippen LogP contribution in [0.5, 0.6) is 0 Å². The predicted molar refractivity (Wildman–Crippen MR) is 150 cm³/mol. The highest BCUT2D eigenvalue weighted by Gasteiger charge is 2.41. The first-order valence-electron chi connectivity index (χ1n) is 11.7. The topological polar surface area (TPSA) is 70.6 Å². The number of piperazine rings is 1. The van der Waals surface area contributed by atoms with E-state index < -0.39 is 15.6 Å². The van der Waals surface area contributed by atoms with Gasteiger partial charge in [0.1, 0.15) is 0 Å². The van der Waals surface area contributed by atoms with Crippen LogP contribution in [0.2, 0.25) is 5.02 Å². The summed E-state index contributed by atoms with van der Waals surface area (Å²) in [5.74, 6) is -0.110.